The fourth-order valence-corrected chi connectivity index (χ4v) is 3.15. The zero-order valence-corrected chi connectivity index (χ0v) is 12.3. The highest BCUT2D eigenvalue weighted by molar-refractivity contribution is 6.17. The van der Waals surface area contributed by atoms with Crippen molar-refractivity contribution in [1.29, 1.82) is 0 Å². The highest BCUT2D eigenvalue weighted by atomic mass is 35.5. The predicted molar refractivity (Wildman–Crippen MR) is 69.9 cm³/mol. The molecule has 2 bridgehead atoms. The maximum Gasteiger partial charge on any atom is 0.411 e. The Bertz CT molecular complexity index is 383. The molecule has 2 saturated heterocycles. The largest absolute Gasteiger partial charge is 0.448 e. The number of fused-ring (bicyclic) bond motifs is 2. The fourth-order valence-electron chi connectivity index (χ4n) is 3.05. The second-order valence-electron chi connectivity index (χ2n) is 6.15. The van der Waals surface area contributed by atoms with Crippen molar-refractivity contribution in [2.75, 3.05) is 6.07 Å². The lowest BCUT2D eigenvalue weighted by Crippen LogP contribution is -2.52. The minimum absolute atomic E-state index is 0.0812. The highest BCUT2D eigenvalue weighted by Crippen LogP contribution is 2.47. The van der Waals surface area contributed by atoms with Crippen LogP contribution in [0.4, 0.5) is 4.79 Å². The van der Waals surface area contributed by atoms with Crippen molar-refractivity contribution in [3.63, 3.8) is 0 Å². The van der Waals surface area contributed by atoms with E-state index in [-0.39, 0.29) is 12.1 Å². The van der Waals surface area contributed by atoms with E-state index in [9.17, 15) is 9.59 Å². The van der Waals surface area contributed by atoms with Gasteiger partial charge >= 0.3 is 12.1 Å². The van der Waals surface area contributed by atoms with Gasteiger partial charge in [-0.05, 0) is 46.5 Å². The van der Waals surface area contributed by atoms with Crippen LogP contribution in [-0.4, -0.2) is 40.2 Å². The molecule has 6 heteroatoms. The normalized spacial score (nSPS) is 29.5. The van der Waals surface area contributed by atoms with Gasteiger partial charge in [-0.2, -0.15) is 0 Å². The number of carbonyl (C=O) groups is 2. The molecule has 5 nitrogen and oxygen atoms in total. The number of hydrogen-bond donors (Lipinski definition) is 0. The molecule has 2 aliphatic heterocycles. The van der Waals surface area contributed by atoms with Crippen LogP contribution in [0.5, 0.6) is 0 Å². The molecule has 108 valence electrons. The van der Waals surface area contributed by atoms with Gasteiger partial charge in [0.25, 0.3) is 0 Å². The summed E-state index contributed by atoms with van der Waals surface area (Å²) in [7, 11) is 0. The molecule has 1 amide bonds. The summed E-state index contributed by atoms with van der Waals surface area (Å²) in [5.41, 5.74) is -1.43. The van der Waals surface area contributed by atoms with Crippen LogP contribution in [0.25, 0.3) is 0 Å². The first-order valence-electron chi connectivity index (χ1n) is 6.56. The van der Waals surface area contributed by atoms with E-state index < -0.39 is 23.2 Å². The molecule has 0 aromatic carbocycles. The molecule has 0 N–H and O–H groups in total. The molecule has 0 aromatic heterocycles. The minimum Gasteiger partial charge on any atom is -0.448 e. The number of carbonyl (C=O) groups excluding carboxylic acids is 2. The smallest absolute Gasteiger partial charge is 0.411 e. The standard InChI is InChI=1S/C13H20ClNO4/c1-12(2,3)19-11(17)15-9-4-6-13(15,7-5-9)10(16)18-8-14/h9H,4-8H2,1-3H3. The quantitative estimate of drug-likeness (QED) is 0.579. The van der Waals surface area contributed by atoms with E-state index in [0.717, 1.165) is 12.8 Å². The molecule has 2 rings (SSSR count). The number of rotatable bonds is 2. The lowest BCUT2D eigenvalue weighted by atomic mass is 9.88. The summed E-state index contributed by atoms with van der Waals surface area (Å²) in [5.74, 6) is -0.409. The zero-order chi connectivity index (χ0) is 14.3. The summed E-state index contributed by atoms with van der Waals surface area (Å²) < 4.78 is 10.3. The number of amides is 1. The van der Waals surface area contributed by atoms with Gasteiger partial charge in [-0.15, -0.1) is 0 Å². The Hall–Kier alpha value is -0.970. The molecule has 0 spiro atoms. The van der Waals surface area contributed by atoms with Crippen molar-refractivity contribution in [2.45, 2.75) is 63.6 Å². The molecule has 0 saturated carbocycles. The lowest BCUT2D eigenvalue weighted by molar-refractivity contribution is -0.153. The molecule has 0 aromatic rings. The van der Waals surface area contributed by atoms with Crippen LogP contribution in [0.3, 0.4) is 0 Å². The van der Waals surface area contributed by atoms with Crippen LogP contribution in [0.1, 0.15) is 46.5 Å². The SMILES string of the molecule is CC(C)(C)OC(=O)N1C2CCC1(C(=O)OCCl)CC2. The van der Waals surface area contributed by atoms with Crippen LogP contribution in [0, 0.1) is 0 Å². The van der Waals surface area contributed by atoms with Gasteiger partial charge in [0.1, 0.15) is 11.1 Å². The first-order valence-corrected chi connectivity index (χ1v) is 7.09. The number of halogens is 1. The molecular weight excluding hydrogens is 270 g/mol. The summed E-state index contributed by atoms with van der Waals surface area (Å²) in [4.78, 5) is 26.0. The third-order valence-electron chi connectivity index (χ3n) is 3.76. The van der Waals surface area contributed by atoms with Crippen molar-refractivity contribution in [1.82, 2.24) is 4.90 Å². The predicted octanol–water partition coefficient (Wildman–Crippen LogP) is 2.66. The van der Waals surface area contributed by atoms with Crippen LogP contribution in [0.15, 0.2) is 0 Å². The van der Waals surface area contributed by atoms with E-state index in [4.69, 9.17) is 21.1 Å². The first kappa shape index (κ1) is 14.4. The van der Waals surface area contributed by atoms with Crippen molar-refractivity contribution >= 4 is 23.7 Å². The van der Waals surface area contributed by atoms with Crippen LogP contribution < -0.4 is 0 Å². The summed E-state index contributed by atoms with van der Waals surface area (Å²) in [6, 6.07) is -0.106. The topological polar surface area (TPSA) is 55.8 Å². The third-order valence-corrected chi connectivity index (χ3v) is 3.87. The van der Waals surface area contributed by atoms with E-state index in [1.54, 1.807) is 4.90 Å². The Balaban J connectivity index is 2.19. The first-order chi connectivity index (χ1) is 8.80. The summed E-state index contributed by atoms with van der Waals surface area (Å²) >= 11 is 5.46. The van der Waals surface area contributed by atoms with Gasteiger partial charge in [0.15, 0.2) is 6.07 Å². The Morgan fingerprint density at radius 2 is 1.89 bits per heavy atom. The average Bonchev–Trinajstić information content (AvgIpc) is 2.83. The minimum atomic E-state index is -0.859. The Labute approximate surface area is 118 Å². The van der Waals surface area contributed by atoms with Crippen LogP contribution in [-0.2, 0) is 14.3 Å². The maximum absolute atomic E-state index is 12.3. The lowest BCUT2D eigenvalue weighted by Gasteiger charge is -2.33. The summed E-state index contributed by atoms with van der Waals surface area (Å²) in [6.45, 7) is 5.44. The van der Waals surface area contributed by atoms with E-state index in [2.05, 4.69) is 0 Å². The maximum atomic E-state index is 12.3. The number of esters is 1. The summed E-state index contributed by atoms with van der Waals surface area (Å²) in [5, 5.41) is 0. The van der Waals surface area contributed by atoms with Crippen LogP contribution in [0.2, 0.25) is 0 Å². The molecule has 2 heterocycles. The number of alkyl halides is 1. The van der Waals surface area contributed by atoms with Gasteiger partial charge in [-0.25, -0.2) is 9.59 Å². The van der Waals surface area contributed by atoms with Crippen molar-refractivity contribution in [3.8, 4) is 0 Å². The Morgan fingerprint density at radius 1 is 1.32 bits per heavy atom. The molecule has 0 unspecified atom stereocenters. The van der Waals surface area contributed by atoms with Crippen LogP contribution >= 0.6 is 11.6 Å². The van der Waals surface area contributed by atoms with Crippen molar-refractivity contribution in [2.24, 2.45) is 0 Å². The molecule has 2 aliphatic rings. The van der Waals surface area contributed by atoms with Crippen molar-refractivity contribution < 1.29 is 19.1 Å². The summed E-state index contributed by atoms with van der Waals surface area (Å²) in [6.07, 6.45) is 2.46. The van der Waals surface area contributed by atoms with Gasteiger partial charge in [0.2, 0.25) is 0 Å². The Morgan fingerprint density at radius 3 is 2.37 bits per heavy atom. The fraction of sp³-hybridized carbons (Fsp3) is 0.846. The van der Waals surface area contributed by atoms with Gasteiger partial charge in [-0.3, -0.25) is 4.90 Å². The highest BCUT2D eigenvalue weighted by Gasteiger charge is 2.60. The van der Waals surface area contributed by atoms with Gasteiger partial charge in [0.05, 0.1) is 0 Å². The average molecular weight is 290 g/mol. The van der Waals surface area contributed by atoms with Crippen molar-refractivity contribution in [3.05, 3.63) is 0 Å². The number of nitrogens with zero attached hydrogens (tertiary/aromatic N) is 1. The molecular formula is C13H20ClNO4. The zero-order valence-electron chi connectivity index (χ0n) is 11.6. The second kappa shape index (κ2) is 4.85. The van der Waals surface area contributed by atoms with E-state index in [0.29, 0.717) is 12.8 Å². The third kappa shape index (κ3) is 2.53. The van der Waals surface area contributed by atoms with Gasteiger partial charge in [-0.1, -0.05) is 11.6 Å². The molecule has 0 radical (unpaired) electrons. The molecule has 2 fully saturated rings. The van der Waals surface area contributed by atoms with Gasteiger partial charge < -0.3 is 9.47 Å². The molecule has 0 aliphatic carbocycles. The van der Waals surface area contributed by atoms with Gasteiger partial charge in [0, 0.05) is 6.04 Å². The number of hydrogen-bond acceptors (Lipinski definition) is 4. The molecule has 19 heavy (non-hydrogen) atoms. The second-order valence-corrected chi connectivity index (χ2v) is 6.37. The van der Waals surface area contributed by atoms with E-state index in [1.807, 2.05) is 20.8 Å². The van der Waals surface area contributed by atoms with E-state index in [1.165, 1.54) is 0 Å². The van der Waals surface area contributed by atoms with E-state index >= 15 is 0 Å². The molecule has 0 atom stereocenters. The monoisotopic (exact) mass is 289 g/mol. The Kier molecular flexibility index (Phi) is 3.69. The number of ether oxygens (including phenoxy) is 2.